The van der Waals surface area contributed by atoms with Gasteiger partial charge in [-0.05, 0) is 23.8 Å². The highest BCUT2D eigenvalue weighted by Crippen LogP contribution is 2.42. The molecule has 4 heteroatoms. The Morgan fingerprint density at radius 1 is 1.20 bits per heavy atom. The Bertz CT molecular complexity index is 725. The Balaban J connectivity index is 2.21. The monoisotopic (exact) mass is 287 g/mol. The summed E-state index contributed by atoms with van der Waals surface area (Å²) in [6, 6.07) is 12.0. The molecule has 0 saturated carbocycles. The van der Waals surface area contributed by atoms with Crippen molar-refractivity contribution in [1.29, 1.82) is 0 Å². The minimum atomic E-state index is -0.448. The molecule has 0 radical (unpaired) electrons. The number of fused-ring (bicyclic) bond motifs is 1. The molecule has 0 atom stereocenters. The number of nitrogens with zero attached hydrogens (tertiary/aromatic N) is 1. The lowest BCUT2D eigenvalue weighted by atomic mass is 10.0. The van der Waals surface area contributed by atoms with Gasteiger partial charge in [0, 0.05) is 18.2 Å². The molecular weight excluding hydrogens is 277 g/mol. The van der Waals surface area contributed by atoms with Gasteiger partial charge >= 0.3 is 0 Å². The largest absolute Gasteiger partial charge is 0.309 e. The van der Waals surface area contributed by atoms with Crippen LogP contribution in [0.15, 0.2) is 42.5 Å². The van der Waals surface area contributed by atoms with Gasteiger partial charge in [-0.1, -0.05) is 41.9 Å². The fraction of sp³-hybridized carbons (Fsp3) is 0.0625. The van der Waals surface area contributed by atoms with Gasteiger partial charge in [-0.3, -0.25) is 4.79 Å². The molecule has 0 fully saturated rings. The van der Waals surface area contributed by atoms with Crippen molar-refractivity contribution in [3.8, 4) is 0 Å². The average Bonchev–Trinajstić information content (AvgIpc) is 2.65. The van der Waals surface area contributed by atoms with Crippen LogP contribution in [-0.2, 0) is 4.79 Å². The highest BCUT2D eigenvalue weighted by Gasteiger charge is 2.32. The van der Waals surface area contributed by atoms with E-state index in [9.17, 15) is 9.18 Å². The Morgan fingerprint density at radius 2 is 1.90 bits per heavy atom. The zero-order valence-electron chi connectivity index (χ0n) is 10.7. The van der Waals surface area contributed by atoms with E-state index in [-0.39, 0.29) is 10.9 Å². The normalized spacial score (nSPS) is 15.8. The number of likely N-dealkylation sites (N-methyl/N-ethyl adjacent to an activating group) is 1. The zero-order chi connectivity index (χ0) is 14.3. The summed E-state index contributed by atoms with van der Waals surface area (Å²) in [6.45, 7) is 0. The molecule has 1 heterocycles. The molecule has 0 unspecified atom stereocenters. The molecular formula is C16H11ClFNO. The first-order valence-corrected chi connectivity index (χ1v) is 6.50. The highest BCUT2D eigenvalue weighted by atomic mass is 35.5. The third-order valence-corrected chi connectivity index (χ3v) is 3.59. The Kier molecular flexibility index (Phi) is 3.07. The van der Waals surface area contributed by atoms with Crippen LogP contribution in [0.25, 0.3) is 11.6 Å². The SMILES string of the molecule is CN1C(=O)/C(=C\c2ccccc2)c2cc(F)cc(Cl)c21. The Labute approximate surface area is 121 Å². The van der Waals surface area contributed by atoms with Crippen LogP contribution >= 0.6 is 11.6 Å². The standard InChI is InChI=1S/C16H11ClFNO/c1-19-15-12(8-11(18)9-14(15)17)13(16(19)20)7-10-5-3-2-4-6-10/h2-9H,1H3/b13-7-. The maximum absolute atomic E-state index is 13.5. The first-order chi connectivity index (χ1) is 9.58. The van der Waals surface area contributed by atoms with Gasteiger partial charge in [0.25, 0.3) is 5.91 Å². The van der Waals surface area contributed by atoms with E-state index in [1.54, 1.807) is 13.1 Å². The van der Waals surface area contributed by atoms with Crippen LogP contribution in [0.5, 0.6) is 0 Å². The first-order valence-electron chi connectivity index (χ1n) is 6.12. The van der Waals surface area contributed by atoms with Gasteiger partial charge in [-0.25, -0.2) is 4.39 Å². The van der Waals surface area contributed by atoms with Crippen LogP contribution in [0, 0.1) is 5.82 Å². The fourth-order valence-electron chi connectivity index (χ4n) is 2.37. The van der Waals surface area contributed by atoms with Gasteiger partial charge in [-0.2, -0.15) is 0 Å². The van der Waals surface area contributed by atoms with E-state index in [4.69, 9.17) is 11.6 Å². The van der Waals surface area contributed by atoms with E-state index < -0.39 is 5.82 Å². The molecule has 0 spiro atoms. The number of hydrogen-bond acceptors (Lipinski definition) is 1. The number of amides is 1. The molecule has 2 aromatic rings. The lowest BCUT2D eigenvalue weighted by Crippen LogP contribution is -2.20. The number of rotatable bonds is 1. The summed E-state index contributed by atoms with van der Waals surface area (Å²) in [5.74, 6) is -0.632. The number of halogens is 2. The maximum Gasteiger partial charge on any atom is 0.258 e. The van der Waals surface area contributed by atoms with Crippen molar-refractivity contribution in [2.45, 2.75) is 0 Å². The summed E-state index contributed by atoms with van der Waals surface area (Å²) in [5.41, 5.74) is 2.43. The summed E-state index contributed by atoms with van der Waals surface area (Å²) in [4.78, 5) is 13.8. The van der Waals surface area contributed by atoms with Gasteiger partial charge in [0.15, 0.2) is 0 Å². The van der Waals surface area contributed by atoms with Crippen LogP contribution in [0.3, 0.4) is 0 Å². The van der Waals surface area contributed by atoms with Crippen LogP contribution in [-0.4, -0.2) is 13.0 Å². The molecule has 1 aliphatic rings. The molecule has 1 amide bonds. The molecule has 2 nitrogen and oxygen atoms in total. The number of anilines is 1. The van der Waals surface area contributed by atoms with E-state index in [2.05, 4.69) is 0 Å². The van der Waals surface area contributed by atoms with Crippen LogP contribution in [0.4, 0.5) is 10.1 Å². The molecule has 1 aliphatic heterocycles. The minimum absolute atomic E-state index is 0.184. The van der Waals surface area contributed by atoms with E-state index in [1.165, 1.54) is 17.0 Å². The van der Waals surface area contributed by atoms with Crippen molar-refractivity contribution in [2.75, 3.05) is 11.9 Å². The van der Waals surface area contributed by atoms with E-state index in [0.717, 1.165) is 5.56 Å². The summed E-state index contributed by atoms with van der Waals surface area (Å²) in [7, 11) is 1.64. The van der Waals surface area contributed by atoms with Crippen LogP contribution < -0.4 is 4.90 Å². The molecule has 0 aromatic heterocycles. The number of carbonyl (C=O) groups is 1. The van der Waals surface area contributed by atoms with Crippen LogP contribution in [0.1, 0.15) is 11.1 Å². The van der Waals surface area contributed by atoms with Crippen molar-refractivity contribution in [2.24, 2.45) is 0 Å². The van der Waals surface area contributed by atoms with Crippen molar-refractivity contribution < 1.29 is 9.18 Å². The van der Waals surface area contributed by atoms with Crippen molar-refractivity contribution in [1.82, 2.24) is 0 Å². The summed E-state index contributed by atoms with van der Waals surface area (Å²) in [6.07, 6.45) is 1.75. The molecule has 2 aromatic carbocycles. The number of hydrogen-bond donors (Lipinski definition) is 0. The van der Waals surface area contributed by atoms with E-state index in [1.807, 2.05) is 30.3 Å². The van der Waals surface area contributed by atoms with E-state index in [0.29, 0.717) is 16.8 Å². The second kappa shape index (κ2) is 4.76. The zero-order valence-corrected chi connectivity index (χ0v) is 11.5. The lowest BCUT2D eigenvalue weighted by Gasteiger charge is -2.10. The highest BCUT2D eigenvalue weighted by molar-refractivity contribution is 6.41. The topological polar surface area (TPSA) is 20.3 Å². The number of carbonyl (C=O) groups excluding carboxylic acids is 1. The quantitative estimate of drug-likeness (QED) is 0.726. The predicted molar refractivity (Wildman–Crippen MR) is 79.1 cm³/mol. The Hall–Kier alpha value is -2.13. The first kappa shape index (κ1) is 12.9. The summed E-state index contributed by atoms with van der Waals surface area (Å²) < 4.78 is 13.5. The molecule has 100 valence electrons. The molecule has 20 heavy (non-hydrogen) atoms. The molecule has 0 aliphatic carbocycles. The third-order valence-electron chi connectivity index (χ3n) is 3.30. The molecule has 0 N–H and O–H groups in total. The number of benzene rings is 2. The second-order valence-electron chi connectivity index (χ2n) is 4.62. The lowest BCUT2D eigenvalue weighted by molar-refractivity contribution is -0.112. The van der Waals surface area contributed by atoms with Crippen LogP contribution in [0.2, 0.25) is 5.02 Å². The van der Waals surface area contributed by atoms with Crippen molar-refractivity contribution in [3.05, 3.63) is 64.4 Å². The molecule has 0 bridgehead atoms. The van der Waals surface area contributed by atoms with Crippen molar-refractivity contribution >= 4 is 34.8 Å². The third kappa shape index (κ3) is 2.00. The fourth-order valence-corrected chi connectivity index (χ4v) is 2.70. The van der Waals surface area contributed by atoms with E-state index >= 15 is 0 Å². The van der Waals surface area contributed by atoms with Gasteiger partial charge in [0.2, 0.25) is 0 Å². The average molecular weight is 288 g/mol. The van der Waals surface area contributed by atoms with Gasteiger partial charge in [0.1, 0.15) is 5.82 Å². The summed E-state index contributed by atoms with van der Waals surface area (Å²) in [5, 5.41) is 0.243. The summed E-state index contributed by atoms with van der Waals surface area (Å²) >= 11 is 6.04. The second-order valence-corrected chi connectivity index (χ2v) is 5.02. The minimum Gasteiger partial charge on any atom is -0.309 e. The molecule has 3 rings (SSSR count). The smallest absolute Gasteiger partial charge is 0.258 e. The predicted octanol–water partition coefficient (Wildman–Crippen LogP) is 4.00. The Morgan fingerprint density at radius 3 is 2.60 bits per heavy atom. The van der Waals surface area contributed by atoms with Crippen molar-refractivity contribution in [3.63, 3.8) is 0 Å². The molecule has 0 saturated heterocycles. The van der Waals surface area contributed by atoms with Gasteiger partial charge in [-0.15, -0.1) is 0 Å². The van der Waals surface area contributed by atoms with Gasteiger partial charge in [0.05, 0.1) is 10.7 Å². The maximum atomic E-state index is 13.5. The van der Waals surface area contributed by atoms with Gasteiger partial charge < -0.3 is 4.90 Å².